The lowest BCUT2D eigenvalue weighted by Gasteiger charge is -2.27. The highest BCUT2D eigenvalue weighted by Gasteiger charge is 2.48. The zero-order valence-corrected chi connectivity index (χ0v) is 14.5. The number of aromatic nitrogens is 1. The van der Waals surface area contributed by atoms with E-state index in [0.717, 1.165) is 30.3 Å². The second-order valence-electron chi connectivity index (χ2n) is 6.70. The molecule has 0 saturated carbocycles. The molecule has 0 aliphatic carbocycles. The Kier molecular flexibility index (Phi) is 4.03. The number of fused-ring (bicyclic) bond motifs is 1. The van der Waals surface area contributed by atoms with Gasteiger partial charge in [-0.3, -0.25) is 10.1 Å². The molecule has 1 atom stereocenters. The number of urea groups is 1. The summed E-state index contributed by atoms with van der Waals surface area (Å²) in [5.74, 6) is -1.71. The average Bonchev–Trinajstić information content (AvgIpc) is 3.11. The topological polar surface area (TPSA) is 83.4 Å². The van der Waals surface area contributed by atoms with Crippen molar-refractivity contribution in [1.29, 1.82) is 0 Å². The normalized spacial score (nSPS) is 19.4. The van der Waals surface area contributed by atoms with E-state index in [9.17, 15) is 32.3 Å². The highest BCUT2D eigenvalue weighted by molar-refractivity contribution is 6.07. The molecule has 2 heterocycles. The minimum absolute atomic E-state index is 0.0946. The lowest BCUT2D eigenvalue weighted by molar-refractivity contribution is -0.137. The zero-order chi connectivity index (χ0) is 21.0. The molecule has 6 nitrogen and oxygen atoms in total. The van der Waals surface area contributed by atoms with Gasteiger partial charge in [-0.2, -0.15) is 13.2 Å². The number of aromatic hydroxyl groups is 1. The van der Waals surface area contributed by atoms with E-state index >= 15 is 0 Å². The predicted octanol–water partition coefficient (Wildman–Crippen LogP) is 3.24. The molecule has 150 valence electrons. The molecule has 3 aromatic rings. The van der Waals surface area contributed by atoms with Gasteiger partial charge in [0.2, 0.25) is 0 Å². The highest BCUT2D eigenvalue weighted by Crippen LogP contribution is 2.35. The van der Waals surface area contributed by atoms with Crippen LogP contribution in [0, 0.1) is 5.82 Å². The van der Waals surface area contributed by atoms with Crippen molar-refractivity contribution < 1.29 is 32.3 Å². The second kappa shape index (κ2) is 6.23. The van der Waals surface area contributed by atoms with Crippen LogP contribution in [0.25, 0.3) is 10.8 Å². The SMILES string of the molecule is O=C1NC(=O)C(Cn2cc3ccc(F)cc3c2O)(c2ccc(C(F)(F)F)cc2)N1. The van der Waals surface area contributed by atoms with Crippen molar-refractivity contribution in [2.75, 3.05) is 0 Å². The van der Waals surface area contributed by atoms with Crippen molar-refractivity contribution in [2.45, 2.75) is 18.3 Å². The number of carbonyl (C=O) groups is 2. The van der Waals surface area contributed by atoms with Crippen LogP contribution in [0.3, 0.4) is 0 Å². The molecule has 1 aliphatic heterocycles. The number of alkyl halides is 3. The summed E-state index contributed by atoms with van der Waals surface area (Å²) in [6.45, 7) is -0.321. The van der Waals surface area contributed by atoms with Gasteiger partial charge in [-0.25, -0.2) is 9.18 Å². The average molecular weight is 407 g/mol. The van der Waals surface area contributed by atoms with Crippen molar-refractivity contribution in [2.24, 2.45) is 0 Å². The Balaban J connectivity index is 1.80. The Morgan fingerprint density at radius 3 is 2.34 bits per heavy atom. The first kappa shape index (κ1) is 18.8. The van der Waals surface area contributed by atoms with Gasteiger partial charge in [-0.1, -0.05) is 12.1 Å². The number of nitrogens with zero attached hydrogens (tertiary/aromatic N) is 1. The van der Waals surface area contributed by atoms with Crippen LogP contribution in [0.1, 0.15) is 11.1 Å². The lowest BCUT2D eigenvalue weighted by atomic mass is 9.89. The predicted molar refractivity (Wildman–Crippen MR) is 93.4 cm³/mol. The number of carbonyl (C=O) groups excluding carboxylic acids is 2. The van der Waals surface area contributed by atoms with Crippen LogP contribution in [-0.4, -0.2) is 21.6 Å². The van der Waals surface area contributed by atoms with Crippen LogP contribution < -0.4 is 10.6 Å². The molecule has 3 amide bonds. The molecule has 1 saturated heterocycles. The van der Waals surface area contributed by atoms with Gasteiger partial charge < -0.3 is 15.0 Å². The molecule has 1 aromatic heterocycles. The molecule has 0 radical (unpaired) electrons. The van der Waals surface area contributed by atoms with Crippen molar-refractivity contribution >= 4 is 22.7 Å². The standard InChI is InChI=1S/C19H13F4N3O3/c20-13-6-1-10-8-26(15(27)14(10)7-13)9-18(16(28)24-17(29)25-18)11-2-4-12(5-3-11)19(21,22)23/h1-8,27H,9H2,(H2,24,25,28,29). The van der Waals surface area contributed by atoms with Gasteiger partial charge >= 0.3 is 12.2 Å². The van der Waals surface area contributed by atoms with Gasteiger partial charge in [-0.15, -0.1) is 0 Å². The van der Waals surface area contributed by atoms with Crippen molar-refractivity contribution in [3.8, 4) is 5.88 Å². The maximum atomic E-state index is 13.5. The Morgan fingerprint density at radius 1 is 1.07 bits per heavy atom. The summed E-state index contributed by atoms with van der Waals surface area (Å²) in [4.78, 5) is 24.4. The lowest BCUT2D eigenvalue weighted by Crippen LogP contribution is -2.47. The molecular weight excluding hydrogens is 394 g/mol. The fourth-order valence-electron chi connectivity index (χ4n) is 3.44. The zero-order valence-electron chi connectivity index (χ0n) is 14.5. The largest absolute Gasteiger partial charge is 0.494 e. The van der Waals surface area contributed by atoms with Gasteiger partial charge in [-0.05, 0) is 35.9 Å². The highest BCUT2D eigenvalue weighted by atomic mass is 19.4. The molecule has 29 heavy (non-hydrogen) atoms. The maximum absolute atomic E-state index is 13.5. The summed E-state index contributed by atoms with van der Waals surface area (Å²) < 4.78 is 53.3. The summed E-state index contributed by atoms with van der Waals surface area (Å²) in [7, 11) is 0. The van der Waals surface area contributed by atoms with Gasteiger partial charge in [0.25, 0.3) is 5.91 Å². The molecule has 0 spiro atoms. The van der Waals surface area contributed by atoms with Gasteiger partial charge in [0.05, 0.1) is 12.1 Å². The molecule has 2 aromatic carbocycles. The van der Waals surface area contributed by atoms with Crippen LogP contribution in [-0.2, 0) is 23.1 Å². The summed E-state index contributed by atoms with van der Waals surface area (Å²) in [5.41, 5.74) is -2.57. The van der Waals surface area contributed by atoms with Crippen LogP contribution in [0.15, 0.2) is 48.7 Å². The van der Waals surface area contributed by atoms with E-state index in [1.807, 2.05) is 0 Å². The number of hydrogen-bond donors (Lipinski definition) is 3. The van der Waals surface area contributed by atoms with E-state index in [2.05, 4.69) is 10.6 Å². The third-order valence-electron chi connectivity index (χ3n) is 4.88. The fourth-order valence-corrected chi connectivity index (χ4v) is 3.44. The molecular formula is C19H13F4N3O3. The van der Waals surface area contributed by atoms with Gasteiger partial charge in [0.15, 0.2) is 11.4 Å². The van der Waals surface area contributed by atoms with E-state index in [4.69, 9.17) is 0 Å². The molecule has 3 N–H and O–H groups in total. The Bertz CT molecular complexity index is 1140. The third-order valence-corrected chi connectivity index (χ3v) is 4.88. The summed E-state index contributed by atoms with van der Waals surface area (Å²) in [6, 6.07) is 6.70. The number of amides is 3. The molecule has 10 heteroatoms. The quantitative estimate of drug-likeness (QED) is 0.461. The first-order valence-electron chi connectivity index (χ1n) is 8.39. The monoisotopic (exact) mass is 407 g/mol. The van der Waals surface area contributed by atoms with Crippen LogP contribution in [0.2, 0.25) is 0 Å². The Hall–Kier alpha value is -3.56. The molecule has 1 aliphatic rings. The first-order valence-corrected chi connectivity index (χ1v) is 8.39. The van der Waals surface area contributed by atoms with E-state index in [1.54, 1.807) is 0 Å². The summed E-state index contributed by atoms with van der Waals surface area (Å²) in [5, 5.41) is 15.6. The molecule has 1 unspecified atom stereocenters. The van der Waals surface area contributed by atoms with Crippen LogP contribution in [0.5, 0.6) is 5.88 Å². The van der Waals surface area contributed by atoms with Crippen molar-refractivity contribution in [3.63, 3.8) is 0 Å². The number of halogens is 4. The molecule has 0 bridgehead atoms. The van der Waals surface area contributed by atoms with E-state index in [1.165, 1.54) is 22.9 Å². The van der Waals surface area contributed by atoms with E-state index in [0.29, 0.717) is 5.39 Å². The van der Waals surface area contributed by atoms with Crippen molar-refractivity contribution in [1.82, 2.24) is 15.2 Å². The summed E-state index contributed by atoms with van der Waals surface area (Å²) >= 11 is 0. The number of nitrogens with one attached hydrogen (secondary N) is 2. The first-order chi connectivity index (χ1) is 13.6. The Morgan fingerprint density at radius 2 is 1.76 bits per heavy atom. The Labute approximate surface area is 160 Å². The van der Waals surface area contributed by atoms with Gasteiger partial charge in [0.1, 0.15) is 5.82 Å². The molecule has 1 fully saturated rings. The number of imide groups is 1. The summed E-state index contributed by atoms with van der Waals surface area (Å²) in [6.07, 6.45) is -3.11. The third kappa shape index (κ3) is 3.06. The van der Waals surface area contributed by atoms with E-state index < -0.39 is 35.0 Å². The van der Waals surface area contributed by atoms with E-state index in [-0.39, 0.29) is 23.4 Å². The van der Waals surface area contributed by atoms with Crippen LogP contribution in [0.4, 0.5) is 22.4 Å². The number of hydrogen-bond acceptors (Lipinski definition) is 3. The maximum Gasteiger partial charge on any atom is 0.416 e. The second-order valence-corrected chi connectivity index (χ2v) is 6.70. The smallest absolute Gasteiger partial charge is 0.416 e. The number of benzene rings is 2. The minimum atomic E-state index is -4.56. The number of rotatable bonds is 3. The molecule has 4 rings (SSSR count). The fraction of sp³-hybridized carbons (Fsp3) is 0.158. The minimum Gasteiger partial charge on any atom is -0.494 e. The van der Waals surface area contributed by atoms with Crippen molar-refractivity contribution in [3.05, 3.63) is 65.6 Å². The van der Waals surface area contributed by atoms with Gasteiger partial charge in [0, 0.05) is 17.0 Å². The van der Waals surface area contributed by atoms with Crippen LogP contribution >= 0.6 is 0 Å².